The summed E-state index contributed by atoms with van der Waals surface area (Å²) in [4.78, 5) is 101. The van der Waals surface area contributed by atoms with Crippen LogP contribution in [0.1, 0.15) is 64.0 Å². The van der Waals surface area contributed by atoms with Crippen molar-refractivity contribution >= 4 is 41.4 Å². The molecule has 0 radical (unpaired) electrons. The van der Waals surface area contributed by atoms with Crippen LogP contribution in [-0.2, 0) is 46.4 Å². The minimum Gasteiger partial charge on any atom is -0.394 e. The minimum atomic E-state index is -1.49. The van der Waals surface area contributed by atoms with E-state index in [9.17, 15) is 43.8 Å². The lowest BCUT2D eigenvalue weighted by molar-refractivity contribution is -0.146. The number of amides is 7. The van der Waals surface area contributed by atoms with Gasteiger partial charge in [0.25, 0.3) is 0 Å². The molecule has 3 aliphatic heterocycles. The van der Waals surface area contributed by atoms with E-state index in [0.717, 1.165) is 5.56 Å². The summed E-state index contributed by atoms with van der Waals surface area (Å²) in [6, 6.07) is 9.16. The van der Waals surface area contributed by atoms with Crippen molar-refractivity contribution in [2.45, 2.75) is 114 Å². The van der Waals surface area contributed by atoms with Crippen molar-refractivity contribution in [3.05, 3.63) is 71.8 Å². The smallest absolute Gasteiger partial charge is 0.248 e. The van der Waals surface area contributed by atoms with Gasteiger partial charge in [-0.25, -0.2) is 0 Å². The molecule has 0 aliphatic carbocycles. The first-order valence-electron chi connectivity index (χ1n) is 19.8. The van der Waals surface area contributed by atoms with Crippen LogP contribution in [0.2, 0.25) is 0 Å². The Balaban J connectivity index is 1.55. The van der Waals surface area contributed by atoms with E-state index in [4.69, 9.17) is 0 Å². The topological polar surface area (TPSA) is 227 Å². The zero-order valence-electron chi connectivity index (χ0n) is 32.7. The molecule has 16 heteroatoms. The van der Waals surface area contributed by atoms with Crippen LogP contribution in [0, 0.1) is 5.92 Å². The van der Waals surface area contributed by atoms with Gasteiger partial charge in [-0.05, 0) is 49.7 Å². The first-order chi connectivity index (χ1) is 27.3. The molecule has 7 amide bonds. The number of carbonyl (C=O) groups is 7. The van der Waals surface area contributed by atoms with Crippen LogP contribution >= 0.6 is 0 Å². The van der Waals surface area contributed by atoms with E-state index in [1.807, 2.05) is 13.0 Å². The molecule has 3 fully saturated rings. The molecule has 0 aromatic heterocycles. The molecule has 0 bridgehead atoms. The molecule has 2 aromatic carbocycles. The molecule has 7 N–H and O–H groups in total. The van der Waals surface area contributed by atoms with E-state index >= 15 is 0 Å². The Morgan fingerprint density at radius 2 is 1.04 bits per heavy atom. The summed E-state index contributed by atoms with van der Waals surface area (Å²) in [6.45, 7) is 4.40. The highest BCUT2D eigenvalue weighted by Gasteiger charge is 2.44. The van der Waals surface area contributed by atoms with Crippen molar-refractivity contribution in [3.8, 4) is 0 Å². The summed E-state index contributed by atoms with van der Waals surface area (Å²) in [6.07, 6.45) is 0.449. The second-order valence-corrected chi connectivity index (χ2v) is 15.2. The number of hydrogen-bond donors (Lipinski definition) is 7. The van der Waals surface area contributed by atoms with Gasteiger partial charge in [0, 0.05) is 25.9 Å². The fourth-order valence-corrected chi connectivity index (χ4v) is 7.68. The molecule has 3 saturated heterocycles. The number of fused-ring (bicyclic) bond motifs is 2. The van der Waals surface area contributed by atoms with Crippen molar-refractivity contribution in [2.75, 3.05) is 19.7 Å². The van der Waals surface area contributed by atoms with E-state index in [1.54, 1.807) is 61.5 Å². The van der Waals surface area contributed by atoms with Gasteiger partial charge in [-0.1, -0.05) is 80.9 Å². The van der Waals surface area contributed by atoms with Crippen LogP contribution in [-0.4, -0.2) is 129 Å². The van der Waals surface area contributed by atoms with Gasteiger partial charge in [-0.15, -0.1) is 0 Å². The molecule has 3 aliphatic rings. The van der Waals surface area contributed by atoms with Gasteiger partial charge < -0.3 is 46.6 Å². The van der Waals surface area contributed by atoms with Crippen molar-refractivity contribution < 1.29 is 43.8 Å². The lowest BCUT2D eigenvalue weighted by Crippen LogP contribution is -2.61. The Morgan fingerprint density at radius 1 is 0.596 bits per heavy atom. The lowest BCUT2D eigenvalue weighted by atomic mass is 9.96. The highest BCUT2D eigenvalue weighted by Crippen LogP contribution is 2.23. The van der Waals surface area contributed by atoms with Crippen LogP contribution in [0.5, 0.6) is 0 Å². The summed E-state index contributed by atoms with van der Waals surface area (Å²) in [5.41, 5.74) is 1.40. The third-order valence-corrected chi connectivity index (χ3v) is 11.1. The molecule has 1 unspecified atom stereocenters. The average molecular weight is 790 g/mol. The second kappa shape index (κ2) is 19.7. The largest absolute Gasteiger partial charge is 0.394 e. The maximum Gasteiger partial charge on any atom is 0.248 e. The number of hydrogen-bond acceptors (Lipinski definition) is 9. The van der Waals surface area contributed by atoms with Crippen molar-refractivity contribution in [1.82, 2.24) is 36.4 Å². The highest BCUT2D eigenvalue weighted by atomic mass is 16.3. The van der Waals surface area contributed by atoms with Crippen LogP contribution in [0.25, 0.3) is 0 Å². The molecule has 0 spiro atoms. The standard InChI is InChI=1S/C41H55N7O9/c1-4-24(2)33-39(55)43-28(21-26-13-7-5-8-14-26)35(51)44-30(23-49)40(56)47-19-11-18-32(47)38(54)46-34(25(3)50)41(57)48-20-12-17-31(48)37(53)42-29(36(52)45-33)22-27-15-9-6-10-16-27/h5-10,13-16,24-25,28-34,49-50H,4,11-12,17-23H2,1-3H3,(H,42,53)(H,43,55)(H,44,51)(H,45,52)(H,46,54)/t24-,25-,28-,29?,30-,31-,32-,33-,34+/m0/s1. The SMILES string of the molecule is CC[C@H](C)[C@@H]1NC(=O)C(Cc2ccccc2)NC(=O)[C@@H]2CCCN2C(=O)[C@@H]([C@H](C)O)NC(=O)[C@@H]2CCCN2C(=O)[C@H](CO)NC(=O)[C@H](Cc2ccccc2)NC1=O. The van der Waals surface area contributed by atoms with Crippen LogP contribution in [0.3, 0.4) is 0 Å². The van der Waals surface area contributed by atoms with Gasteiger partial charge in [-0.3, -0.25) is 33.6 Å². The van der Waals surface area contributed by atoms with Gasteiger partial charge in [0.05, 0.1) is 12.7 Å². The van der Waals surface area contributed by atoms with Crippen molar-refractivity contribution in [3.63, 3.8) is 0 Å². The number of rotatable bonds is 8. The monoisotopic (exact) mass is 789 g/mol. The Labute approximate surface area is 332 Å². The quantitative estimate of drug-likeness (QED) is 0.180. The summed E-state index contributed by atoms with van der Waals surface area (Å²) in [5, 5.41) is 34.7. The number of nitrogens with zero attached hydrogens (tertiary/aromatic N) is 2. The maximum atomic E-state index is 14.2. The second-order valence-electron chi connectivity index (χ2n) is 15.2. The van der Waals surface area contributed by atoms with Gasteiger partial charge in [0.1, 0.15) is 42.3 Å². The van der Waals surface area contributed by atoms with E-state index in [1.165, 1.54) is 16.7 Å². The Hall–Kier alpha value is -5.35. The first-order valence-corrected chi connectivity index (χ1v) is 19.8. The van der Waals surface area contributed by atoms with E-state index in [-0.39, 0.29) is 38.8 Å². The summed E-state index contributed by atoms with van der Waals surface area (Å²) >= 11 is 0. The fourth-order valence-electron chi connectivity index (χ4n) is 7.68. The predicted octanol–water partition coefficient (Wildman–Crippen LogP) is -0.689. The molecular formula is C41H55N7O9. The van der Waals surface area contributed by atoms with Gasteiger partial charge in [0.15, 0.2) is 0 Å². The molecule has 16 nitrogen and oxygen atoms in total. The molecule has 9 atom stereocenters. The van der Waals surface area contributed by atoms with Crippen molar-refractivity contribution in [1.29, 1.82) is 0 Å². The predicted molar refractivity (Wildman–Crippen MR) is 208 cm³/mol. The number of nitrogens with one attached hydrogen (secondary N) is 5. The molecule has 2 aromatic rings. The molecule has 5 rings (SSSR count). The summed E-state index contributed by atoms with van der Waals surface area (Å²) in [5.74, 6) is -5.36. The molecule has 308 valence electrons. The Morgan fingerprint density at radius 3 is 1.53 bits per heavy atom. The van der Waals surface area contributed by atoms with E-state index in [2.05, 4.69) is 26.6 Å². The minimum absolute atomic E-state index is 0.00000909. The summed E-state index contributed by atoms with van der Waals surface area (Å²) < 4.78 is 0. The average Bonchev–Trinajstić information content (AvgIpc) is 3.91. The van der Waals surface area contributed by atoms with E-state index in [0.29, 0.717) is 24.8 Å². The van der Waals surface area contributed by atoms with E-state index < -0.39 is 102 Å². The van der Waals surface area contributed by atoms with Gasteiger partial charge in [-0.2, -0.15) is 0 Å². The number of aliphatic hydroxyl groups excluding tert-OH is 2. The maximum absolute atomic E-state index is 14.2. The third-order valence-electron chi connectivity index (χ3n) is 11.1. The number of aliphatic hydroxyl groups is 2. The zero-order chi connectivity index (χ0) is 41.2. The Kier molecular flexibility index (Phi) is 14.8. The molecule has 0 saturated carbocycles. The van der Waals surface area contributed by atoms with Gasteiger partial charge in [0.2, 0.25) is 41.4 Å². The van der Waals surface area contributed by atoms with Crippen LogP contribution in [0.15, 0.2) is 60.7 Å². The highest BCUT2D eigenvalue weighted by molar-refractivity contribution is 5.99. The molecular weight excluding hydrogens is 734 g/mol. The number of benzene rings is 2. The van der Waals surface area contributed by atoms with Gasteiger partial charge >= 0.3 is 0 Å². The zero-order valence-corrected chi connectivity index (χ0v) is 32.7. The third kappa shape index (κ3) is 10.5. The lowest BCUT2D eigenvalue weighted by Gasteiger charge is -2.33. The molecule has 57 heavy (non-hydrogen) atoms. The molecule has 3 heterocycles. The van der Waals surface area contributed by atoms with Crippen LogP contribution in [0.4, 0.5) is 0 Å². The fraction of sp³-hybridized carbons (Fsp3) is 0.537. The summed E-state index contributed by atoms with van der Waals surface area (Å²) in [7, 11) is 0. The number of carbonyl (C=O) groups excluding carboxylic acids is 7. The first kappa shape index (κ1) is 42.8. The normalized spacial score (nSPS) is 28.2. The van der Waals surface area contributed by atoms with Crippen molar-refractivity contribution in [2.24, 2.45) is 5.92 Å². The van der Waals surface area contributed by atoms with Crippen LogP contribution < -0.4 is 26.6 Å². The Bertz CT molecular complexity index is 1760.